The number of carboxylic acid groups (broad SMARTS) is 1. The van der Waals surface area contributed by atoms with Gasteiger partial charge < -0.3 is 20.1 Å². The summed E-state index contributed by atoms with van der Waals surface area (Å²) in [7, 11) is 0. The SMILES string of the molecule is C/C(=C\CNC(=O)OCC1c2ccccc2-c2ccccc21)C(=O)N1CCCC[C@H]1C(=O)O. The van der Waals surface area contributed by atoms with E-state index in [9.17, 15) is 19.5 Å². The molecule has 0 aromatic heterocycles. The Kier molecular flexibility index (Phi) is 6.77. The smallest absolute Gasteiger partial charge is 0.407 e. The van der Waals surface area contributed by atoms with Crippen molar-refractivity contribution in [3.05, 3.63) is 71.3 Å². The average Bonchev–Trinajstić information content (AvgIpc) is 3.16. The molecule has 1 saturated heterocycles. The first-order valence-corrected chi connectivity index (χ1v) is 11.3. The van der Waals surface area contributed by atoms with Crippen molar-refractivity contribution in [2.75, 3.05) is 19.7 Å². The van der Waals surface area contributed by atoms with E-state index in [2.05, 4.69) is 29.6 Å². The van der Waals surface area contributed by atoms with E-state index >= 15 is 0 Å². The number of carbonyl (C=O) groups is 3. The van der Waals surface area contributed by atoms with Crippen LogP contribution in [0.15, 0.2) is 60.2 Å². The molecule has 1 atom stereocenters. The van der Waals surface area contributed by atoms with Gasteiger partial charge in [-0.3, -0.25) is 4.79 Å². The number of alkyl carbamates (subject to hydrolysis) is 1. The molecule has 2 aromatic carbocycles. The number of rotatable bonds is 6. The second kappa shape index (κ2) is 9.90. The molecule has 33 heavy (non-hydrogen) atoms. The number of fused-ring (bicyclic) bond motifs is 3. The van der Waals surface area contributed by atoms with Crippen LogP contribution in [0.3, 0.4) is 0 Å². The van der Waals surface area contributed by atoms with Crippen molar-refractivity contribution in [2.45, 2.75) is 38.1 Å². The Morgan fingerprint density at radius 1 is 1.06 bits per heavy atom. The standard InChI is InChI=1S/C26H28N2O5/c1-17(24(29)28-15-7-6-12-23(28)25(30)31)13-14-27-26(32)33-16-22-20-10-4-2-8-18(20)19-9-3-5-11-21(19)22/h2-5,8-11,13,22-23H,6-7,12,14-16H2,1H3,(H,27,32)(H,30,31)/b17-13+/t23-/m0/s1. The summed E-state index contributed by atoms with van der Waals surface area (Å²) in [5.74, 6) is -1.31. The molecular formula is C26H28N2O5. The van der Waals surface area contributed by atoms with Crippen molar-refractivity contribution < 1.29 is 24.2 Å². The highest BCUT2D eigenvalue weighted by Crippen LogP contribution is 2.44. The minimum atomic E-state index is -0.979. The molecule has 1 aliphatic carbocycles. The molecule has 0 saturated carbocycles. The molecule has 172 valence electrons. The zero-order valence-corrected chi connectivity index (χ0v) is 18.6. The van der Waals surface area contributed by atoms with E-state index in [1.54, 1.807) is 13.0 Å². The van der Waals surface area contributed by atoms with Crippen molar-refractivity contribution in [3.63, 3.8) is 0 Å². The van der Waals surface area contributed by atoms with Crippen LogP contribution in [0.25, 0.3) is 11.1 Å². The van der Waals surface area contributed by atoms with E-state index in [0.717, 1.165) is 35.1 Å². The third-order valence-corrected chi connectivity index (χ3v) is 6.38. The maximum Gasteiger partial charge on any atom is 0.407 e. The van der Waals surface area contributed by atoms with Crippen LogP contribution < -0.4 is 5.32 Å². The molecule has 2 aliphatic rings. The van der Waals surface area contributed by atoms with E-state index in [4.69, 9.17) is 4.74 Å². The predicted molar refractivity (Wildman–Crippen MR) is 124 cm³/mol. The number of hydrogen-bond acceptors (Lipinski definition) is 4. The molecule has 0 radical (unpaired) electrons. The van der Waals surface area contributed by atoms with Crippen LogP contribution in [0.2, 0.25) is 0 Å². The fraction of sp³-hybridized carbons (Fsp3) is 0.346. The molecule has 0 bridgehead atoms. The van der Waals surface area contributed by atoms with Gasteiger partial charge in [-0.1, -0.05) is 54.6 Å². The number of aliphatic carboxylic acids is 1. The summed E-state index contributed by atoms with van der Waals surface area (Å²) in [6, 6.07) is 15.5. The number of amides is 2. The molecule has 0 unspecified atom stereocenters. The zero-order chi connectivity index (χ0) is 23.4. The molecule has 1 heterocycles. The molecule has 1 fully saturated rings. The lowest BCUT2D eigenvalue weighted by atomic mass is 9.98. The molecular weight excluding hydrogens is 420 g/mol. The maximum atomic E-state index is 12.7. The second-order valence-corrected chi connectivity index (χ2v) is 8.44. The molecule has 0 spiro atoms. The van der Waals surface area contributed by atoms with Gasteiger partial charge in [-0.25, -0.2) is 9.59 Å². The van der Waals surface area contributed by atoms with Gasteiger partial charge >= 0.3 is 12.1 Å². The van der Waals surface area contributed by atoms with E-state index < -0.39 is 18.1 Å². The lowest BCUT2D eigenvalue weighted by Gasteiger charge is -2.33. The third kappa shape index (κ3) is 4.77. The van der Waals surface area contributed by atoms with E-state index in [1.807, 2.05) is 24.3 Å². The molecule has 7 heteroatoms. The highest BCUT2D eigenvalue weighted by atomic mass is 16.5. The van der Waals surface area contributed by atoms with Gasteiger partial charge in [-0.15, -0.1) is 0 Å². The zero-order valence-electron chi connectivity index (χ0n) is 18.6. The quantitative estimate of drug-likeness (QED) is 0.653. The van der Waals surface area contributed by atoms with E-state index in [-0.39, 0.29) is 25.0 Å². The first kappa shape index (κ1) is 22.6. The molecule has 2 aromatic rings. The Labute approximate surface area is 193 Å². The lowest BCUT2D eigenvalue weighted by Crippen LogP contribution is -2.48. The molecule has 2 amide bonds. The Bertz CT molecular complexity index is 1050. The minimum Gasteiger partial charge on any atom is -0.480 e. The Hall–Kier alpha value is -3.61. The Balaban J connectivity index is 1.31. The summed E-state index contributed by atoms with van der Waals surface area (Å²) in [5.41, 5.74) is 5.01. The van der Waals surface area contributed by atoms with Crippen molar-refractivity contribution in [3.8, 4) is 11.1 Å². The van der Waals surface area contributed by atoms with Crippen LogP contribution in [0.4, 0.5) is 4.79 Å². The van der Waals surface area contributed by atoms with Crippen LogP contribution >= 0.6 is 0 Å². The van der Waals surface area contributed by atoms with Crippen LogP contribution in [0.1, 0.15) is 43.2 Å². The number of ether oxygens (including phenoxy) is 1. The van der Waals surface area contributed by atoms with Gasteiger partial charge in [-0.2, -0.15) is 0 Å². The number of piperidine rings is 1. The summed E-state index contributed by atoms with van der Waals surface area (Å²) >= 11 is 0. The van der Waals surface area contributed by atoms with E-state index in [0.29, 0.717) is 18.5 Å². The van der Waals surface area contributed by atoms with Crippen LogP contribution in [-0.2, 0) is 14.3 Å². The van der Waals surface area contributed by atoms with Gasteiger partial charge in [0, 0.05) is 24.6 Å². The number of benzene rings is 2. The summed E-state index contributed by atoms with van der Waals surface area (Å²) in [6.07, 6.45) is 3.09. The summed E-state index contributed by atoms with van der Waals surface area (Å²) < 4.78 is 5.49. The average molecular weight is 449 g/mol. The topological polar surface area (TPSA) is 95.9 Å². The number of likely N-dealkylation sites (tertiary alicyclic amines) is 1. The summed E-state index contributed by atoms with van der Waals surface area (Å²) in [5, 5.41) is 12.0. The van der Waals surface area contributed by atoms with Crippen molar-refractivity contribution in [1.82, 2.24) is 10.2 Å². The normalized spacial score (nSPS) is 17.8. The largest absolute Gasteiger partial charge is 0.480 e. The predicted octanol–water partition coefficient (Wildman–Crippen LogP) is 3.94. The highest BCUT2D eigenvalue weighted by Gasteiger charge is 2.32. The van der Waals surface area contributed by atoms with Gasteiger partial charge in [0.1, 0.15) is 12.6 Å². The number of carboxylic acids is 1. The molecule has 1 aliphatic heterocycles. The number of nitrogens with one attached hydrogen (secondary N) is 1. The summed E-state index contributed by atoms with van der Waals surface area (Å²) in [4.78, 5) is 37.8. The van der Waals surface area contributed by atoms with Crippen molar-refractivity contribution in [1.29, 1.82) is 0 Å². The Morgan fingerprint density at radius 3 is 2.33 bits per heavy atom. The number of hydrogen-bond donors (Lipinski definition) is 2. The van der Waals surface area contributed by atoms with Crippen LogP contribution in [0, 0.1) is 0 Å². The Morgan fingerprint density at radius 2 is 1.70 bits per heavy atom. The fourth-order valence-corrected chi connectivity index (χ4v) is 4.68. The molecule has 4 rings (SSSR count). The maximum absolute atomic E-state index is 12.7. The first-order valence-electron chi connectivity index (χ1n) is 11.3. The lowest BCUT2D eigenvalue weighted by molar-refractivity contribution is -0.150. The van der Waals surface area contributed by atoms with Crippen LogP contribution in [-0.4, -0.2) is 53.7 Å². The van der Waals surface area contributed by atoms with Crippen LogP contribution in [0.5, 0.6) is 0 Å². The van der Waals surface area contributed by atoms with Crippen molar-refractivity contribution in [2.24, 2.45) is 0 Å². The van der Waals surface area contributed by atoms with Gasteiger partial charge in [0.15, 0.2) is 0 Å². The van der Waals surface area contributed by atoms with Gasteiger partial charge in [0.05, 0.1) is 0 Å². The van der Waals surface area contributed by atoms with Gasteiger partial charge in [0.25, 0.3) is 0 Å². The third-order valence-electron chi connectivity index (χ3n) is 6.38. The molecule has 2 N–H and O–H groups in total. The summed E-state index contributed by atoms with van der Waals surface area (Å²) in [6.45, 7) is 2.41. The minimum absolute atomic E-state index is 0.0194. The van der Waals surface area contributed by atoms with Gasteiger partial charge in [-0.05, 0) is 48.4 Å². The number of carbonyl (C=O) groups excluding carboxylic acids is 2. The fourth-order valence-electron chi connectivity index (χ4n) is 4.68. The van der Waals surface area contributed by atoms with Crippen molar-refractivity contribution >= 4 is 18.0 Å². The highest BCUT2D eigenvalue weighted by molar-refractivity contribution is 5.95. The monoisotopic (exact) mass is 448 g/mol. The first-order chi connectivity index (χ1) is 16.0. The molecule has 7 nitrogen and oxygen atoms in total. The van der Waals surface area contributed by atoms with Gasteiger partial charge in [0.2, 0.25) is 5.91 Å². The van der Waals surface area contributed by atoms with E-state index in [1.165, 1.54) is 4.90 Å². The number of nitrogens with zero attached hydrogens (tertiary/aromatic N) is 1. The second-order valence-electron chi connectivity index (χ2n) is 8.44.